The summed E-state index contributed by atoms with van der Waals surface area (Å²) >= 11 is 0. The van der Waals surface area contributed by atoms with Crippen LogP contribution in [0, 0.1) is 11.6 Å². The zero-order valence-electron chi connectivity index (χ0n) is 9.15. The number of carboxylic acid groups (broad SMARTS) is 1. The minimum absolute atomic E-state index is 0.199. The largest absolute Gasteiger partial charge is 0.478 e. The molecule has 1 aliphatic rings. The molecule has 7 heteroatoms. The minimum Gasteiger partial charge on any atom is -0.478 e. The number of cyclic esters (lactones) is 1. The van der Waals surface area contributed by atoms with Crippen LogP contribution in [0.5, 0.6) is 0 Å². The molecule has 0 aromatic heterocycles. The zero-order valence-corrected chi connectivity index (χ0v) is 9.15. The van der Waals surface area contributed by atoms with Gasteiger partial charge in [-0.3, -0.25) is 4.90 Å². The van der Waals surface area contributed by atoms with Crippen LogP contribution < -0.4 is 4.90 Å². The van der Waals surface area contributed by atoms with Crippen molar-refractivity contribution < 1.29 is 28.2 Å². The molecule has 0 saturated carbocycles. The number of ether oxygens (including phenoxy) is 1. The number of benzene rings is 1. The number of carbonyl (C=O) groups excluding carboxylic acids is 1. The first-order valence-electron chi connectivity index (χ1n) is 5.17. The van der Waals surface area contributed by atoms with Gasteiger partial charge in [-0.25, -0.2) is 18.4 Å². The van der Waals surface area contributed by atoms with E-state index in [1.165, 1.54) is 0 Å². The van der Waals surface area contributed by atoms with Gasteiger partial charge < -0.3 is 9.84 Å². The second-order valence-electron chi connectivity index (χ2n) is 3.71. The van der Waals surface area contributed by atoms with Crippen LogP contribution in [0.15, 0.2) is 12.1 Å². The number of hydrogen-bond acceptors (Lipinski definition) is 3. The lowest BCUT2D eigenvalue weighted by Gasteiger charge is -2.27. The van der Waals surface area contributed by atoms with Crippen molar-refractivity contribution in [3.05, 3.63) is 29.3 Å². The normalized spacial score (nSPS) is 15.4. The number of hydrogen-bond donors (Lipinski definition) is 1. The number of amides is 1. The summed E-state index contributed by atoms with van der Waals surface area (Å²) in [5, 5.41) is 8.93. The topological polar surface area (TPSA) is 66.8 Å². The Morgan fingerprint density at radius 2 is 2.00 bits per heavy atom. The third kappa shape index (κ3) is 2.11. The van der Waals surface area contributed by atoms with Gasteiger partial charge >= 0.3 is 12.1 Å². The maximum Gasteiger partial charge on any atom is 0.414 e. The van der Waals surface area contributed by atoms with E-state index in [9.17, 15) is 18.4 Å². The molecule has 0 spiro atoms. The van der Waals surface area contributed by atoms with Crippen LogP contribution >= 0.6 is 0 Å². The third-order valence-corrected chi connectivity index (χ3v) is 2.53. The Morgan fingerprint density at radius 3 is 2.61 bits per heavy atom. The van der Waals surface area contributed by atoms with Crippen molar-refractivity contribution in [2.75, 3.05) is 18.1 Å². The molecule has 1 fully saturated rings. The van der Waals surface area contributed by atoms with E-state index in [2.05, 4.69) is 0 Å². The molecule has 1 saturated heterocycles. The smallest absolute Gasteiger partial charge is 0.414 e. The summed E-state index contributed by atoms with van der Waals surface area (Å²) in [4.78, 5) is 23.4. The van der Waals surface area contributed by atoms with Crippen molar-refractivity contribution in [3.63, 3.8) is 0 Å². The van der Waals surface area contributed by atoms with Crippen LogP contribution in [-0.4, -0.2) is 30.3 Å². The van der Waals surface area contributed by atoms with E-state index in [0.717, 1.165) is 4.90 Å². The lowest BCUT2D eigenvalue weighted by Crippen LogP contribution is -2.38. The van der Waals surface area contributed by atoms with Crippen LogP contribution in [0.4, 0.5) is 19.3 Å². The van der Waals surface area contributed by atoms with Gasteiger partial charge in [0.1, 0.15) is 0 Å². The van der Waals surface area contributed by atoms with E-state index in [0.29, 0.717) is 18.6 Å². The molecule has 1 N–H and O–H groups in total. The molecule has 1 aromatic carbocycles. The van der Waals surface area contributed by atoms with Crippen LogP contribution in [0.25, 0.3) is 0 Å². The number of rotatable bonds is 2. The number of carboxylic acids is 1. The van der Waals surface area contributed by atoms with Gasteiger partial charge in [0, 0.05) is 12.6 Å². The Balaban J connectivity index is 2.51. The van der Waals surface area contributed by atoms with E-state index in [-0.39, 0.29) is 18.8 Å². The molecule has 0 aliphatic carbocycles. The molecule has 2 rings (SSSR count). The number of aromatic carboxylic acids is 1. The van der Waals surface area contributed by atoms with Crippen LogP contribution in [0.2, 0.25) is 0 Å². The van der Waals surface area contributed by atoms with Gasteiger partial charge in [0.15, 0.2) is 11.6 Å². The molecule has 1 aliphatic heterocycles. The van der Waals surface area contributed by atoms with Crippen molar-refractivity contribution in [2.24, 2.45) is 0 Å². The molecule has 0 atom stereocenters. The Bertz CT molecular complexity index is 518. The van der Waals surface area contributed by atoms with E-state index < -0.39 is 29.3 Å². The van der Waals surface area contributed by atoms with Crippen molar-refractivity contribution in [1.29, 1.82) is 0 Å². The second-order valence-corrected chi connectivity index (χ2v) is 3.71. The Morgan fingerprint density at radius 1 is 1.33 bits per heavy atom. The SMILES string of the molecule is O=C(O)c1cc(F)c(F)cc1N1CCCOC1=O. The standard InChI is InChI=1S/C11H9F2NO4/c12-7-4-6(10(15)16)9(5-8(7)13)14-2-1-3-18-11(14)17/h4-5H,1-3H2,(H,15,16). The van der Waals surface area contributed by atoms with E-state index in [1.54, 1.807) is 0 Å². The predicted molar refractivity (Wildman–Crippen MR) is 56.6 cm³/mol. The fourth-order valence-electron chi connectivity index (χ4n) is 1.70. The number of halogens is 2. The first-order valence-corrected chi connectivity index (χ1v) is 5.17. The van der Waals surface area contributed by atoms with Gasteiger partial charge in [0.2, 0.25) is 0 Å². The highest BCUT2D eigenvalue weighted by atomic mass is 19.2. The number of nitrogens with zero attached hydrogens (tertiary/aromatic N) is 1. The Labute approximate surface area is 101 Å². The summed E-state index contributed by atoms with van der Waals surface area (Å²) in [6, 6.07) is 1.24. The molecular formula is C11H9F2NO4. The van der Waals surface area contributed by atoms with Crippen molar-refractivity contribution in [1.82, 2.24) is 0 Å². The summed E-state index contributed by atoms with van der Waals surface area (Å²) in [5.74, 6) is -3.93. The first-order chi connectivity index (χ1) is 8.50. The third-order valence-electron chi connectivity index (χ3n) is 2.53. The van der Waals surface area contributed by atoms with Gasteiger partial charge in [0.25, 0.3) is 0 Å². The molecular weight excluding hydrogens is 248 g/mol. The van der Waals surface area contributed by atoms with Gasteiger partial charge in [-0.1, -0.05) is 0 Å². The lowest BCUT2D eigenvalue weighted by molar-refractivity contribution is 0.0697. The Kier molecular flexibility index (Phi) is 3.14. The summed E-state index contributed by atoms with van der Waals surface area (Å²) < 4.78 is 30.9. The highest BCUT2D eigenvalue weighted by molar-refractivity contribution is 6.00. The maximum absolute atomic E-state index is 13.2. The van der Waals surface area contributed by atoms with E-state index in [1.807, 2.05) is 0 Å². The fraction of sp³-hybridized carbons (Fsp3) is 0.273. The molecule has 1 aromatic rings. The van der Waals surface area contributed by atoms with Crippen molar-refractivity contribution in [2.45, 2.75) is 6.42 Å². The molecule has 1 heterocycles. The summed E-state index contributed by atoms with van der Waals surface area (Å²) in [6.07, 6.45) is -0.279. The Hall–Kier alpha value is -2.18. The molecule has 96 valence electrons. The van der Waals surface area contributed by atoms with Gasteiger partial charge in [-0.2, -0.15) is 0 Å². The molecule has 0 radical (unpaired) electrons. The van der Waals surface area contributed by atoms with Crippen LogP contribution in [-0.2, 0) is 4.74 Å². The molecule has 5 nitrogen and oxygen atoms in total. The zero-order chi connectivity index (χ0) is 13.3. The molecule has 0 unspecified atom stereocenters. The van der Waals surface area contributed by atoms with E-state index in [4.69, 9.17) is 9.84 Å². The number of anilines is 1. The fourth-order valence-corrected chi connectivity index (χ4v) is 1.70. The lowest BCUT2D eigenvalue weighted by atomic mass is 10.1. The van der Waals surface area contributed by atoms with Gasteiger partial charge in [0.05, 0.1) is 17.9 Å². The highest BCUT2D eigenvalue weighted by Gasteiger charge is 2.27. The average molecular weight is 257 g/mol. The van der Waals surface area contributed by atoms with Crippen LogP contribution in [0.3, 0.4) is 0 Å². The molecule has 0 bridgehead atoms. The molecule has 18 heavy (non-hydrogen) atoms. The van der Waals surface area contributed by atoms with Gasteiger partial charge in [-0.15, -0.1) is 0 Å². The monoisotopic (exact) mass is 257 g/mol. The average Bonchev–Trinajstić information content (AvgIpc) is 2.32. The summed E-state index contributed by atoms with van der Waals surface area (Å²) in [5.41, 5.74) is -0.682. The molecule has 1 amide bonds. The predicted octanol–water partition coefficient (Wildman–Crippen LogP) is 2.01. The minimum atomic E-state index is -1.44. The summed E-state index contributed by atoms with van der Waals surface area (Å²) in [6.45, 7) is 0.422. The van der Waals surface area contributed by atoms with Crippen molar-refractivity contribution in [3.8, 4) is 0 Å². The number of carbonyl (C=O) groups is 2. The summed E-state index contributed by atoms with van der Waals surface area (Å²) in [7, 11) is 0. The maximum atomic E-state index is 13.2. The second kappa shape index (κ2) is 4.59. The highest BCUT2D eigenvalue weighted by Crippen LogP contribution is 2.26. The van der Waals surface area contributed by atoms with Crippen molar-refractivity contribution >= 4 is 17.7 Å². The van der Waals surface area contributed by atoms with Gasteiger partial charge in [-0.05, 0) is 12.5 Å². The first kappa shape index (κ1) is 12.3. The van der Waals surface area contributed by atoms with E-state index >= 15 is 0 Å². The quantitative estimate of drug-likeness (QED) is 0.880. The van der Waals surface area contributed by atoms with Crippen LogP contribution in [0.1, 0.15) is 16.8 Å².